The fraction of sp³-hybridized carbons (Fsp3) is 0.0667. The maximum Gasteiger partial charge on any atom is 0.125 e. The lowest BCUT2D eigenvalue weighted by molar-refractivity contribution is 0.626. The van der Waals surface area contributed by atoms with Crippen molar-refractivity contribution in [2.24, 2.45) is 0 Å². The fourth-order valence-corrected chi connectivity index (χ4v) is 2.51. The van der Waals surface area contributed by atoms with E-state index in [0.29, 0.717) is 5.02 Å². The molecule has 1 nitrogen and oxygen atoms in total. The third-order valence-corrected chi connectivity index (χ3v) is 3.37. The minimum atomic E-state index is -0.240. The Morgan fingerprint density at radius 3 is 2.61 bits per heavy atom. The average Bonchev–Trinajstić information content (AvgIpc) is 2.67. The molecule has 3 aromatic rings. The van der Waals surface area contributed by atoms with E-state index in [0.717, 1.165) is 22.3 Å². The van der Waals surface area contributed by atoms with Gasteiger partial charge in [0.15, 0.2) is 0 Å². The molecule has 0 aliphatic rings. The standard InChI is InChI=1S/C15H11ClFN/c1-10-8-13-14(16)6-3-7-15(13)18(10)12-5-2-4-11(17)9-12/h2-9H,1H3. The van der Waals surface area contributed by atoms with E-state index in [2.05, 4.69) is 0 Å². The van der Waals surface area contributed by atoms with Crippen LogP contribution in [0.4, 0.5) is 4.39 Å². The van der Waals surface area contributed by atoms with Crippen molar-refractivity contribution in [1.82, 2.24) is 4.57 Å². The molecular weight excluding hydrogens is 249 g/mol. The molecule has 0 unspecified atom stereocenters. The zero-order chi connectivity index (χ0) is 12.7. The van der Waals surface area contributed by atoms with E-state index in [1.807, 2.05) is 41.8 Å². The summed E-state index contributed by atoms with van der Waals surface area (Å²) in [6.45, 7) is 1.99. The second-order valence-corrected chi connectivity index (χ2v) is 4.68. The van der Waals surface area contributed by atoms with Crippen LogP contribution in [0, 0.1) is 12.7 Å². The van der Waals surface area contributed by atoms with Gasteiger partial charge in [0.25, 0.3) is 0 Å². The smallest absolute Gasteiger partial charge is 0.125 e. The lowest BCUT2D eigenvalue weighted by Crippen LogP contribution is -1.96. The summed E-state index contributed by atoms with van der Waals surface area (Å²) in [5.41, 5.74) is 2.83. The molecule has 0 bridgehead atoms. The van der Waals surface area contributed by atoms with Crippen molar-refractivity contribution in [1.29, 1.82) is 0 Å². The minimum Gasteiger partial charge on any atom is -0.314 e. The highest BCUT2D eigenvalue weighted by Gasteiger charge is 2.09. The second-order valence-electron chi connectivity index (χ2n) is 4.27. The molecule has 3 heteroatoms. The lowest BCUT2D eigenvalue weighted by atomic mass is 10.2. The summed E-state index contributed by atoms with van der Waals surface area (Å²) in [5, 5.41) is 1.70. The Balaban J connectivity index is 2.36. The van der Waals surface area contributed by atoms with Crippen molar-refractivity contribution < 1.29 is 4.39 Å². The van der Waals surface area contributed by atoms with Gasteiger partial charge in [0.1, 0.15) is 5.82 Å². The number of aromatic nitrogens is 1. The zero-order valence-corrected chi connectivity index (χ0v) is 10.6. The number of fused-ring (bicyclic) bond motifs is 1. The van der Waals surface area contributed by atoms with Gasteiger partial charge in [-0.05, 0) is 43.3 Å². The van der Waals surface area contributed by atoms with Crippen molar-refractivity contribution in [2.45, 2.75) is 6.92 Å². The van der Waals surface area contributed by atoms with Crippen LogP contribution in [0.3, 0.4) is 0 Å². The average molecular weight is 260 g/mol. The van der Waals surface area contributed by atoms with Gasteiger partial charge in [-0.2, -0.15) is 0 Å². The first-order chi connectivity index (χ1) is 8.66. The monoisotopic (exact) mass is 259 g/mol. The summed E-state index contributed by atoms with van der Waals surface area (Å²) in [6.07, 6.45) is 0. The highest BCUT2D eigenvalue weighted by molar-refractivity contribution is 6.35. The zero-order valence-electron chi connectivity index (χ0n) is 9.82. The van der Waals surface area contributed by atoms with Crippen molar-refractivity contribution in [3.8, 4) is 5.69 Å². The summed E-state index contributed by atoms with van der Waals surface area (Å²) >= 11 is 6.17. The first kappa shape index (κ1) is 11.3. The third-order valence-electron chi connectivity index (χ3n) is 3.04. The number of hydrogen-bond acceptors (Lipinski definition) is 0. The Kier molecular flexibility index (Phi) is 2.60. The topological polar surface area (TPSA) is 4.93 Å². The predicted molar refractivity (Wildman–Crippen MR) is 73.0 cm³/mol. The van der Waals surface area contributed by atoms with Crippen molar-refractivity contribution in [2.75, 3.05) is 0 Å². The maximum absolute atomic E-state index is 13.3. The fourth-order valence-electron chi connectivity index (χ4n) is 2.28. The van der Waals surface area contributed by atoms with Gasteiger partial charge in [0, 0.05) is 21.8 Å². The number of rotatable bonds is 1. The quantitative estimate of drug-likeness (QED) is 0.595. The summed E-state index contributed by atoms with van der Waals surface area (Å²) in [7, 11) is 0. The van der Waals surface area contributed by atoms with E-state index in [9.17, 15) is 4.39 Å². The van der Waals surface area contributed by atoms with E-state index < -0.39 is 0 Å². The van der Waals surface area contributed by atoms with Gasteiger partial charge < -0.3 is 4.57 Å². The van der Waals surface area contributed by atoms with Crippen LogP contribution < -0.4 is 0 Å². The van der Waals surface area contributed by atoms with Crippen LogP contribution in [0.1, 0.15) is 5.69 Å². The summed E-state index contributed by atoms with van der Waals surface area (Å²) in [5.74, 6) is -0.240. The van der Waals surface area contributed by atoms with Gasteiger partial charge in [0.2, 0.25) is 0 Å². The molecule has 1 aromatic heterocycles. The Hall–Kier alpha value is -1.80. The SMILES string of the molecule is Cc1cc2c(Cl)cccc2n1-c1cccc(F)c1. The van der Waals surface area contributed by atoms with Gasteiger partial charge in [-0.25, -0.2) is 4.39 Å². The van der Waals surface area contributed by atoms with E-state index in [4.69, 9.17) is 11.6 Å². The molecule has 0 saturated carbocycles. The Bertz CT molecular complexity index is 730. The molecule has 18 heavy (non-hydrogen) atoms. The summed E-state index contributed by atoms with van der Waals surface area (Å²) in [4.78, 5) is 0. The largest absolute Gasteiger partial charge is 0.314 e. The van der Waals surface area contributed by atoms with Gasteiger partial charge in [0.05, 0.1) is 5.52 Å². The molecule has 3 rings (SSSR count). The predicted octanol–water partition coefficient (Wildman–Crippen LogP) is 4.73. The Labute approximate surface area is 109 Å². The van der Waals surface area contributed by atoms with Crippen LogP contribution in [0.5, 0.6) is 0 Å². The van der Waals surface area contributed by atoms with Gasteiger partial charge in [-0.15, -0.1) is 0 Å². The molecule has 0 N–H and O–H groups in total. The van der Waals surface area contributed by atoms with Crippen molar-refractivity contribution >= 4 is 22.5 Å². The number of hydrogen-bond donors (Lipinski definition) is 0. The molecule has 0 fully saturated rings. The van der Waals surface area contributed by atoms with Crippen LogP contribution >= 0.6 is 11.6 Å². The molecule has 0 aliphatic carbocycles. The van der Waals surface area contributed by atoms with Crippen molar-refractivity contribution in [3.05, 3.63) is 65.1 Å². The van der Waals surface area contributed by atoms with E-state index in [-0.39, 0.29) is 5.82 Å². The molecule has 0 amide bonds. The molecule has 90 valence electrons. The molecule has 0 aliphatic heterocycles. The third kappa shape index (κ3) is 1.70. The maximum atomic E-state index is 13.3. The second kappa shape index (κ2) is 4.14. The molecule has 0 atom stereocenters. The van der Waals surface area contributed by atoms with Crippen LogP contribution in [-0.4, -0.2) is 4.57 Å². The molecule has 0 spiro atoms. The number of halogens is 2. The molecule has 2 aromatic carbocycles. The van der Waals surface area contributed by atoms with E-state index in [1.54, 1.807) is 6.07 Å². The van der Waals surface area contributed by atoms with E-state index in [1.165, 1.54) is 12.1 Å². The summed E-state index contributed by atoms with van der Waals surface area (Å²) < 4.78 is 15.3. The molecular formula is C15H11ClFN. The first-order valence-corrected chi connectivity index (χ1v) is 6.07. The highest BCUT2D eigenvalue weighted by atomic mass is 35.5. The number of aryl methyl sites for hydroxylation is 1. The van der Waals surface area contributed by atoms with Gasteiger partial charge in [-0.3, -0.25) is 0 Å². The first-order valence-electron chi connectivity index (χ1n) is 5.69. The molecule has 0 saturated heterocycles. The highest BCUT2D eigenvalue weighted by Crippen LogP contribution is 2.29. The van der Waals surface area contributed by atoms with Crippen LogP contribution in [0.25, 0.3) is 16.6 Å². The van der Waals surface area contributed by atoms with Crippen LogP contribution in [0.2, 0.25) is 5.02 Å². The number of nitrogens with zero attached hydrogens (tertiary/aromatic N) is 1. The van der Waals surface area contributed by atoms with Crippen LogP contribution in [-0.2, 0) is 0 Å². The van der Waals surface area contributed by atoms with Gasteiger partial charge >= 0.3 is 0 Å². The summed E-state index contributed by atoms with van der Waals surface area (Å²) in [6, 6.07) is 14.3. The molecule has 0 radical (unpaired) electrons. The molecule has 1 heterocycles. The Morgan fingerprint density at radius 1 is 1.06 bits per heavy atom. The lowest BCUT2D eigenvalue weighted by Gasteiger charge is -2.08. The van der Waals surface area contributed by atoms with Crippen molar-refractivity contribution in [3.63, 3.8) is 0 Å². The van der Waals surface area contributed by atoms with Crippen LogP contribution in [0.15, 0.2) is 48.5 Å². The number of benzene rings is 2. The van der Waals surface area contributed by atoms with E-state index >= 15 is 0 Å². The van der Waals surface area contributed by atoms with Gasteiger partial charge in [-0.1, -0.05) is 23.7 Å². The minimum absolute atomic E-state index is 0.240. The normalized spacial score (nSPS) is 11.1. The Morgan fingerprint density at radius 2 is 1.83 bits per heavy atom.